The van der Waals surface area contributed by atoms with Gasteiger partial charge in [0.05, 0.1) is 0 Å². The molecule has 116 valence electrons. The van der Waals surface area contributed by atoms with Gasteiger partial charge < -0.3 is 10.0 Å². The SMILES string of the molecule is O=C(O)[C@@H]1CCCN1C(=O)C1CC12CCc1cc(Br)ccc12. The lowest BCUT2D eigenvalue weighted by atomic mass is 9.95. The summed E-state index contributed by atoms with van der Waals surface area (Å²) >= 11 is 3.50. The second kappa shape index (κ2) is 4.82. The first-order chi connectivity index (χ1) is 10.5. The minimum Gasteiger partial charge on any atom is -0.480 e. The molecule has 0 radical (unpaired) electrons. The van der Waals surface area contributed by atoms with Crippen LogP contribution in [0.5, 0.6) is 0 Å². The van der Waals surface area contributed by atoms with Crippen molar-refractivity contribution in [2.45, 2.75) is 43.6 Å². The molecule has 1 spiro atoms. The van der Waals surface area contributed by atoms with E-state index in [1.165, 1.54) is 11.1 Å². The van der Waals surface area contributed by atoms with E-state index in [1.807, 2.05) is 6.07 Å². The van der Waals surface area contributed by atoms with Crippen LogP contribution in [-0.4, -0.2) is 34.5 Å². The number of nitrogens with zero attached hydrogens (tertiary/aromatic N) is 1. The first-order valence-electron chi connectivity index (χ1n) is 7.85. The van der Waals surface area contributed by atoms with Crippen LogP contribution in [0, 0.1) is 5.92 Å². The number of aliphatic carboxylic acids is 1. The summed E-state index contributed by atoms with van der Waals surface area (Å²) < 4.78 is 1.08. The van der Waals surface area contributed by atoms with E-state index in [-0.39, 0.29) is 17.2 Å². The molecule has 2 aliphatic carbocycles. The fourth-order valence-electron chi connectivity index (χ4n) is 4.44. The Kier molecular flexibility index (Phi) is 3.12. The van der Waals surface area contributed by atoms with Crippen LogP contribution in [0.2, 0.25) is 0 Å². The lowest BCUT2D eigenvalue weighted by Gasteiger charge is -2.23. The highest BCUT2D eigenvalue weighted by molar-refractivity contribution is 9.10. The zero-order valence-electron chi connectivity index (χ0n) is 12.2. The van der Waals surface area contributed by atoms with Crippen molar-refractivity contribution >= 4 is 27.8 Å². The molecule has 1 aromatic carbocycles. The fraction of sp³-hybridized carbons (Fsp3) is 0.529. The molecule has 4 rings (SSSR count). The van der Waals surface area contributed by atoms with Crippen molar-refractivity contribution in [2.24, 2.45) is 5.92 Å². The van der Waals surface area contributed by atoms with Gasteiger partial charge in [-0.25, -0.2) is 4.79 Å². The molecule has 1 heterocycles. The number of carbonyl (C=O) groups is 2. The quantitative estimate of drug-likeness (QED) is 0.878. The van der Waals surface area contributed by atoms with Crippen LogP contribution in [-0.2, 0) is 21.4 Å². The van der Waals surface area contributed by atoms with E-state index in [4.69, 9.17) is 0 Å². The van der Waals surface area contributed by atoms with Gasteiger partial charge in [-0.2, -0.15) is 0 Å². The van der Waals surface area contributed by atoms with Crippen LogP contribution >= 0.6 is 15.9 Å². The number of fused-ring (bicyclic) bond motifs is 2. The number of hydrogen-bond acceptors (Lipinski definition) is 2. The summed E-state index contributed by atoms with van der Waals surface area (Å²) in [6.45, 7) is 0.593. The molecule has 4 nitrogen and oxygen atoms in total. The average molecular weight is 364 g/mol. The third kappa shape index (κ3) is 1.94. The molecule has 3 atom stereocenters. The molecule has 1 aliphatic heterocycles. The number of likely N-dealkylation sites (tertiary alicyclic amines) is 1. The fourth-order valence-corrected chi connectivity index (χ4v) is 4.85. The van der Waals surface area contributed by atoms with Crippen molar-refractivity contribution in [1.29, 1.82) is 0 Å². The highest BCUT2D eigenvalue weighted by atomic mass is 79.9. The van der Waals surface area contributed by atoms with Gasteiger partial charge in [-0.05, 0) is 55.4 Å². The second-order valence-corrected chi connectivity index (χ2v) is 7.66. The van der Waals surface area contributed by atoms with Gasteiger partial charge >= 0.3 is 5.97 Å². The molecule has 1 saturated heterocycles. The van der Waals surface area contributed by atoms with Crippen LogP contribution in [0.3, 0.4) is 0 Å². The van der Waals surface area contributed by atoms with Crippen molar-refractivity contribution in [2.75, 3.05) is 6.54 Å². The molecule has 22 heavy (non-hydrogen) atoms. The number of amides is 1. The highest BCUT2D eigenvalue weighted by Crippen LogP contribution is 2.62. The first-order valence-corrected chi connectivity index (χ1v) is 8.64. The minimum absolute atomic E-state index is 0.0151. The first kappa shape index (κ1) is 14.2. The average Bonchev–Trinajstić information content (AvgIpc) is 2.84. The van der Waals surface area contributed by atoms with E-state index in [9.17, 15) is 14.7 Å². The Hall–Kier alpha value is -1.36. The largest absolute Gasteiger partial charge is 0.480 e. The number of aryl methyl sites for hydroxylation is 1. The number of carboxylic acid groups (broad SMARTS) is 1. The maximum atomic E-state index is 12.8. The molecule has 1 aromatic rings. The Morgan fingerprint density at radius 2 is 2.18 bits per heavy atom. The molecule has 0 aromatic heterocycles. The minimum atomic E-state index is -0.865. The van der Waals surface area contributed by atoms with Crippen LogP contribution in [0.1, 0.15) is 36.8 Å². The van der Waals surface area contributed by atoms with Crippen LogP contribution in [0.15, 0.2) is 22.7 Å². The summed E-state index contributed by atoms with van der Waals surface area (Å²) in [6, 6.07) is 5.72. The molecule has 1 amide bonds. The number of rotatable bonds is 2. The summed E-state index contributed by atoms with van der Waals surface area (Å²) in [4.78, 5) is 25.7. The van der Waals surface area contributed by atoms with Crippen LogP contribution in [0.4, 0.5) is 0 Å². The second-order valence-electron chi connectivity index (χ2n) is 6.74. The van der Waals surface area contributed by atoms with Gasteiger partial charge in [0.25, 0.3) is 0 Å². The Balaban J connectivity index is 1.58. The van der Waals surface area contributed by atoms with Crippen molar-refractivity contribution in [1.82, 2.24) is 4.90 Å². The van der Waals surface area contributed by atoms with Gasteiger partial charge in [-0.1, -0.05) is 22.0 Å². The molecule has 1 saturated carbocycles. The van der Waals surface area contributed by atoms with Gasteiger partial charge in [0.2, 0.25) is 5.91 Å². The Morgan fingerprint density at radius 1 is 1.36 bits per heavy atom. The number of carbonyl (C=O) groups excluding carboxylic acids is 1. The highest BCUT2D eigenvalue weighted by Gasteiger charge is 2.62. The summed E-state index contributed by atoms with van der Waals surface area (Å²) in [5.74, 6) is -0.827. The molecular weight excluding hydrogens is 346 g/mol. The Labute approximate surface area is 137 Å². The summed E-state index contributed by atoms with van der Waals surface area (Å²) in [7, 11) is 0. The molecule has 2 fully saturated rings. The Bertz CT molecular complexity index is 674. The van der Waals surface area contributed by atoms with Crippen LogP contribution < -0.4 is 0 Å². The predicted molar refractivity (Wildman–Crippen MR) is 84.6 cm³/mol. The predicted octanol–water partition coefficient (Wildman–Crippen LogP) is 2.73. The number of carboxylic acids is 1. The van der Waals surface area contributed by atoms with Crippen molar-refractivity contribution < 1.29 is 14.7 Å². The van der Waals surface area contributed by atoms with E-state index in [1.54, 1.807) is 4.90 Å². The zero-order chi connectivity index (χ0) is 15.5. The lowest BCUT2D eigenvalue weighted by molar-refractivity contribution is -0.148. The third-order valence-corrected chi connectivity index (χ3v) is 6.13. The van der Waals surface area contributed by atoms with Crippen molar-refractivity contribution in [3.8, 4) is 0 Å². The van der Waals surface area contributed by atoms with Gasteiger partial charge in [-0.3, -0.25) is 4.79 Å². The number of hydrogen-bond donors (Lipinski definition) is 1. The van der Waals surface area contributed by atoms with E-state index in [0.717, 1.165) is 30.2 Å². The van der Waals surface area contributed by atoms with Gasteiger partial charge in [0.1, 0.15) is 6.04 Å². The molecule has 2 unspecified atom stereocenters. The topological polar surface area (TPSA) is 57.6 Å². The van der Waals surface area contributed by atoms with Gasteiger partial charge in [-0.15, -0.1) is 0 Å². The zero-order valence-corrected chi connectivity index (χ0v) is 13.8. The molecular formula is C17H18BrNO3. The van der Waals surface area contributed by atoms with E-state index < -0.39 is 12.0 Å². The maximum Gasteiger partial charge on any atom is 0.326 e. The van der Waals surface area contributed by atoms with E-state index in [2.05, 4.69) is 28.1 Å². The molecule has 1 N–H and O–H groups in total. The normalized spacial score (nSPS) is 32.3. The lowest BCUT2D eigenvalue weighted by Crippen LogP contribution is -2.42. The van der Waals surface area contributed by atoms with Gasteiger partial charge in [0, 0.05) is 22.4 Å². The smallest absolute Gasteiger partial charge is 0.326 e. The summed E-state index contributed by atoms with van der Waals surface area (Å²) in [5, 5.41) is 9.28. The standard InChI is InChI=1S/C17H18BrNO3/c18-11-3-4-12-10(8-11)5-6-17(12)9-13(17)15(20)19-7-1-2-14(19)16(21)22/h3-4,8,13-14H,1-2,5-7,9H2,(H,21,22)/t13?,14-,17?/m0/s1. The third-order valence-electron chi connectivity index (χ3n) is 5.64. The Morgan fingerprint density at radius 3 is 2.95 bits per heavy atom. The van der Waals surface area contributed by atoms with Gasteiger partial charge in [0.15, 0.2) is 0 Å². The number of halogens is 1. The van der Waals surface area contributed by atoms with Crippen molar-refractivity contribution in [3.63, 3.8) is 0 Å². The molecule has 0 bridgehead atoms. The maximum absolute atomic E-state index is 12.8. The molecule has 5 heteroatoms. The summed E-state index contributed by atoms with van der Waals surface area (Å²) in [5.41, 5.74) is 2.62. The number of benzene rings is 1. The summed E-state index contributed by atoms with van der Waals surface area (Å²) in [6.07, 6.45) is 4.29. The van der Waals surface area contributed by atoms with E-state index in [0.29, 0.717) is 13.0 Å². The molecule has 3 aliphatic rings. The van der Waals surface area contributed by atoms with Crippen LogP contribution in [0.25, 0.3) is 0 Å². The van der Waals surface area contributed by atoms with E-state index >= 15 is 0 Å². The van der Waals surface area contributed by atoms with Crippen molar-refractivity contribution in [3.05, 3.63) is 33.8 Å². The monoisotopic (exact) mass is 363 g/mol.